The average molecular weight is 406 g/mol. The van der Waals surface area contributed by atoms with Crippen LogP contribution in [0.2, 0.25) is 0 Å². The number of amides is 1. The van der Waals surface area contributed by atoms with Gasteiger partial charge >= 0.3 is 6.18 Å². The van der Waals surface area contributed by atoms with Crippen molar-refractivity contribution in [1.29, 1.82) is 0 Å². The summed E-state index contributed by atoms with van der Waals surface area (Å²) in [5.41, 5.74) is 1.91. The first-order chi connectivity index (χ1) is 13.8. The van der Waals surface area contributed by atoms with Crippen molar-refractivity contribution in [2.24, 2.45) is 0 Å². The second kappa shape index (κ2) is 8.80. The molecular formula is C19H21F3N6O. The zero-order chi connectivity index (χ0) is 20.9. The largest absolute Gasteiger partial charge is 0.405 e. The lowest BCUT2D eigenvalue weighted by Gasteiger charge is -2.12. The lowest BCUT2D eigenvalue weighted by molar-refractivity contribution is -0.120. The molecule has 0 spiro atoms. The molecule has 3 rings (SSSR count). The molecule has 10 heteroatoms. The van der Waals surface area contributed by atoms with Gasteiger partial charge in [0.05, 0.1) is 11.8 Å². The number of benzene rings is 1. The van der Waals surface area contributed by atoms with Gasteiger partial charge in [0.15, 0.2) is 0 Å². The fraction of sp³-hybridized carbons (Fsp3) is 0.316. The van der Waals surface area contributed by atoms with Crippen LogP contribution < -0.4 is 16.0 Å². The first kappa shape index (κ1) is 20.4. The van der Waals surface area contributed by atoms with Crippen molar-refractivity contribution in [3.63, 3.8) is 0 Å². The molecule has 0 aliphatic rings. The third-order valence-corrected chi connectivity index (χ3v) is 4.02. The molecule has 0 radical (unpaired) electrons. The van der Waals surface area contributed by atoms with E-state index < -0.39 is 12.7 Å². The Morgan fingerprint density at radius 3 is 2.59 bits per heavy atom. The van der Waals surface area contributed by atoms with E-state index in [4.69, 9.17) is 0 Å². The van der Waals surface area contributed by atoms with Gasteiger partial charge in [0.25, 0.3) is 0 Å². The number of carbonyl (C=O) groups excluding carboxylic acids is 1. The number of aromatic nitrogens is 3. The number of alkyl halides is 3. The number of nitrogens with one attached hydrogen (secondary N) is 4. The molecule has 0 aliphatic carbocycles. The van der Waals surface area contributed by atoms with Gasteiger partial charge in [-0.05, 0) is 30.2 Å². The van der Waals surface area contributed by atoms with E-state index in [1.165, 1.54) is 0 Å². The Balaban J connectivity index is 1.71. The first-order valence-electron chi connectivity index (χ1n) is 9.12. The summed E-state index contributed by atoms with van der Waals surface area (Å²) in [4.78, 5) is 23.1. The maximum Gasteiger partial charge on any atom is 0.405 e. The lowest BCUT2D eigenvalue weighted by atomic mass is 10.1. The summed E-state index contributed by atoms with van der Waals surface area (Å²) in [5, 5.41) is 8.56. The molecule has 0 aliphatic heterocycles. The minimum absolute atomic E-state index is 0.0477. The van der Waals surface area contributed by atoms with Crippen molar-refractivity contribution >= 4 is 34.4 Å². The molecule has 1 aromatic carbocycles. The Labute approximate surface area is 165 Å². The summed E-state index contributed by atoms with van der Waals surface area (Å²) < 4.78 is 37.7. The number of hydrogen-bond donors (Lipinski definition) is 4. The second-order valence-corrected chi connectivity index (χ2v) is 6.45. The van der Waals surface area contributed by atoms with Gasteiger partial charge in [0, 0.05) is 18.4 Å². The van der Waals surface area contributed by atoms with Crippen molar-refractivity contribution in [3.8, 4) is 0 Å². The van der Waals surface area contributed by atoms with Crippen LogP contribution in [0.4, 0.5) is 30.6 Å². The van der Waals surface area contributed by atoms with Crippen molar-refractivity contribution in [1.82, 2.24) is 20.3 Å². The first-order valence-corrected chi connectivity index (χ1v) is 9.12. The number of carbonyl (C=O) groups is 1. The maximum absolute atomic E-state index is 12.6. The van der Waals surface area contributed by atoms with Crippen LogP contribution in [0.3, 0.4) is 0 Å². The summed E-state index contributed by atoms with van der Waals surface area (Å²) in [6, 6.07) is 8.71. The van der Waals surface area contributed by atoms with Crippen LogP contribution in [0.25, 0.3) is 11.0 Å². The number of hydrogen-bond acceptors (Lipinski definition) is 5. The topological polar surface area (TPSA) is 94.7 Å². The SMILES string of the molecule is CCCNC(=O)Cc1ccc(Nc2nc(NCC(F)(F)F)c3cc[nH]c3n2)cc1. The molecule has 2 aromatic heterocycles. The molecule has 4 N–H and O–H groups in total. The third kappa shape index (κ3) is 5.84. The molecule has 0 atom stereocenters. The molecule has 0 unspecified atom stereocenters. The lowest BCUT2D eigenvalue weighted by Crippen LogP contribution is -2.25. The smallest absolute Gasteiger partial charge is 0.360 e. The average Bonchev–Trinajstić information content (AvgIpc) is 3.14. The minimum atomic E-state index is -4.36. The quantitative estimate of drug-likeness (QED) is 0.457. The molecule has 0 bridgehead atoms. The van der Waals surface area contributed by atoms with Crippen LogP contribution in [-0.2, 0) is 11.2 Å². The summed E-state index contributed by atoms with van der Waals surface area (Å²) >= 11 is 0. The number of nitrogens with zero attached hydrogens (tertiary/aromatic N) is 2. The van der Waals surface area contributed by atoms with E-state index in [9.17, 15) is 18.0 Å². The van der Waals surface area contributed by atoms with Gasteiger partial charge in [-0.15, -0.1) is 0 Å². The molecule has 0 fully saturated rings. The molecule has 0 saturated carbocycles. The Kier molecular flexibility index (Phi) is 6.20. The maximum atomic E-state index is 12.6. The van der Waals surface area contributed by atoms with Crippen molar-refractivity contribution in [2.75, 3.05) is 23.7 Å². The van der Waals surface area contributed by atoms with Gasteiger partial charge in [-0.25, -0.2) is 0 Å². The molecule has 3 aromatic rings. The molecular weight excluding hydrogens is 385 g/mol. The van der Waals surface area contributed by atoms with Crippen LogP contribution in [0.15, 0.2) is 36.5 Å². The standard InChI is InChI=1S/C19H21F3N6O/c1-2-8-23-15(29)10-12-3-5-13(6-4-12)26-18-27-16-14(7-9-24-16)17(28-18)25-11-19(20,21)22/h3-7,9H,2,8,10-11H2,1H3,(H,23,29)(H3,24,25,26,27,28). The monoisotopic (exact) mass is 406 g/mol. The van der Waals surface area contributed by atoms with Gasteiger partial charge in [-0.1, -0.05) is 19.1 Å². The van der Waals surface area contributed by atoms with E-state index in [1.807, 2.05) is 6.92 Å². The highest BCUT2D eigenvalue weighted by Crippen LogP contribution is 2.24. The Hall–Kier alpha value is -3.30. The normalized spacial score (nSPS) is 11.4. The van der Waals surface area contributed by atoms with Crippen molar-refractivity contribution in [2.45, 2.75) is 25.9 Å². The number of rotatable bonds is 8. The van der Waals surface area contributed by atoms with Gasteiger partial charge in [0.1, 0.15) is 18.0 Å². The number of fused-ring (bicyclic) bond motifs is 1. The second-order valence-electron chi connectivity index (χ2n) is 6.45. The van der Waals surface area contributed by atoms with Crippen LogP contribution in [0.1, 0.15) is 18.9 Å². The highest BCUT2D eigenvalue weighted by atomic mass is 19.4. The van der Waals surface area contributed by atoms with Crippen LogP contribution in [-0.4, -0.2) is 40.1 Å². The zero-order valence-electron chi connectivity index (χ0n) is 15.7. The summed E-state index contributed by atoms with van der Waals surface area (Å²) in [6.07, 6.45) is -1.63. The summed E-state index contributed by atoms with van der Waals surface area (Å²) in [5.74, 6) is 0.187. The molecule has 2 heterocycles. The number of aromatic amines is 1. The number of H-pyrrole nitrogens is 1. The van der Waals surface area contributed by atoms with Gasteiger partial charge in [0.2, 0.25) is 11.9 Å². The predicted octanol–water partition coefficient (Wildman–Crippen LogP) is 3.74. The predicted molar refractivity (Wildman–Crippen MR) is 105 cm³/mol. The molecule has 0 saturated heterocycles. The van der Waals surface area contributed by atoms with E-state index in [0.717, 1.165) is 12.0 Å². The van der Waals surface area contributed by atoms with E-state index in [-0.39, 0.29) is 24.1 Å². The summed E-state index contributed by atoms with van der Waals surface area (Å²) in [7, 11) is 0. The van der Waals surface area contributed by atoms with Crippen LogP contribution in [0.5, 0.6) is 0 Å². The fourth-order valence-electron chi connectivity index (χ4n) is 2.66. The van der Waals surface area contributed by atoms with Crippen molar-refractivity contribution < 1.29 is 18.0 Å². The van der Waals surface area contributed by atoms with Crippen LogP contribution in [0, 0.1) is 0 Å². The molecule has 7 nitrogen and oxygen atoms in total. The summed E-state index contributed by atoms with van der Waals surface area (Å²) in [6.45, 7) is 1.43. The number of anilines is 3. The molecule has 154 valence electrons. The fourth-order valence-corrected chi connectivity index (χ4v) is 2.66. The van der Waals surface area contributed by atoms with Crippen LogP contribution >= 0.6 is 0 Å². The highest BCUT2D eigenvalue weighted by molar-refractivity contribution is 5.88. The van der Waals surface area contributed by atoms with E-state index in [2.05, 4.69) is 30.9 Å². The minimum Gasteiger partial charge on any atom is -0.360 e. The molecule has 1 amide bonds. The highest BCUT2D eigenvalue weighted by Gasteiger charge is 2.27. The van der Waals surface area contributed by atoms with Gasteiger partial charge < -0.3 is 20.9 Å². The molecule has 29 heavy (non-hydrogen) atoms. The Bertz CT molecular complexity index is 968. The zero-order valence-corrected chi connectivity index (χ0v) is 15.7. The van der Waals surface area contributed by atoms with E-state index in [1.54, 1.807) is 36.5 Å². The third-order valence-electron chi connectivity index (χ3n) is 4.02. The van der Waals surface area contributed by atoms with Gasteiger partial charge in [-0.2, -0.15) is 23.1 Å². The van der Waals surface area contributed by atoms with E-state index in [0.29, 0.717) is 23.3 Å². The Morgan fingerprint density at radius 2 is 1.90 bits per heavy atom. The number of halogens is 3. The Morgan fingerprint density at radius 1 is 1.14 bits per heavy atom. The van der Waals surface area contributed by atoms with E-state index >= 15 is 0 Å². The van der Waals surface area contributed by atoms with Gasteiger partial charge in [-0.3, -0.25) is 4.79 Å². The van der Waals surface area contributed by atoms with Crippen molar-refractivity contribution in [3.05, 3.63) is 42.1 Å².